The molecule has 0 atom stereocenters. The van der Waals surface area contributed by atoms with Crippen molar-refractivity contribution in [3.05, 3.63) is 164 Å². The predicted octanol–water partition coefficient (Wildman–Crippen LogP) is 12.6. The van der Waals surface area contributed by atoms with E-state index < -0.39 is 0 Å². The highest BCUT2D eigenvalue weighted by molar-refractivity contribution is 6.19. The number of fused-ring (bicyclic) bond motifs is 8. The maximum Gasteiger partial charge on any atom is 0.144 e. The summed E-state index contributed by atoms with van der Waals surface area (Å²) in [5, 5.41) is 7.11. The van der Waals surface area contributed by atoms with Crippen LogP contribution in [0.25, 0.3) is 88.2 Å². The molecule has 0 bridgehead atoms. The van der Waals surface area contributed by atoms with Crippen LogP contribution in [0.2, 0.25) is 0 Å². The molecule has 4 heteroatoms. The van der Waals surface area contributed by atoms with Gasteiger partial charge in [-0.25, -0.2) is 9.97 Å². The minimum absolute atomic E-state index is 0.794. The maximum absolute atomic E-state index is 6.52. The molecule has 0 N–H and O–H groups in total. The van der Waals surface area contributed by atoms with Crippen LogP contribution < -0.4 is 4.90 Å². The number of nitrogens with zero attached hydrogens (tertiary/aromatic N) is 3. The van der Waals surface area contributed by atoms with Crippen LogP contribution in [0.15, 0.2) is 168 Å². The van der Waals surface area contributed by atoms with E-state index >= 15 is 0 Å². The molecular formula is C46H27N3O. The minimum Gasteiger partial charge on any atom is -0.455 e. The van der Waals surface area contributed by atoms with E-state index in [4.69, 9.17) is 14.4 Å². The van der Waals surface area contributed by atoms with E-state index in [9.17, 15) is 0 Å². The van der Waals surface area contributed by atoms with E-state index in [0.717, 1.165) is 72.5 Å². The molecular weight excluding hydrogens is 611 g/mol. The van der Waals surface area contributed by atoms with Crippen LogP contribution in [-0.4, -0.2) is 9.97 Å². The monoisotopic (exact) mass is 637 g/mol. The molecule has 0 unspecified atom stereocenters. The van der Waals surface area contributed by atoms with Gasteiger partial charge in [-0.3, -0.25) is 0 Å². The number of hydrogen-bond acceptors (Lipinski definition) is 4. The third kappa shape index (κ3) is 3.87. The maximum atomic E-state index is 6.52. The van der Waals surface area contributed by atoms with Gasteiger partial charge >= 0.3 is 0 Å². The number of aromatic nitrogens is 2. The number of anilines is 3. The van der Waals surface area contributed by atoms with Crippen LogP contribution in [0.1, 0.15) is 0 Å². The first-order valence-electron chi connectivity index (χ1n) is 16.9. The molecule has 0 aliphatic carbocycles. The summed E-state index contributed by atoms with van der Waals surface area (Å²) in [6, 6.07) is 57.8. The molecule has 3 heterocycles. The lowest BCUT2D eigenvalue weighted by molar-refractivity contribution is 0.670. The van der Waals surface area contributed by atoms with Crippen molar-refractivity contribution in [2.45, 2.75) is 0 Å². The quantitative estimate of drug-likeness (QED) is 0.193. The highest BCUT2D eigenvalue weighted by atomic mass is 16.3. The van der Waals surface area contributed by atoms with Crippen LogP contribution in [0.3, 0.4) is 0 Å². The molecule has 0 spiro atoms. The Kier molecular flexibility index (Phi) is 5.63. The first-order valence-corrected chi connectivity index (χ1v) is 16.9. The van der Waals surface area contributed by atoms with Crippen molar-refractivity contribution in [2.24, 2.45) is 0 Å². The fourth-order valence-electron chi connectivity index (χ4n) is 7.97. The van der Waals surface area contributed by atoms with E-state index in [1.807, 2.05) is 36.4 Å². The number of benzene rings is 8. The molecule has 232 valence electrons. The van der Waals surface area contributed by atoms with Gasteiger partial charge in [-0.15, -0.1) is 0 Å². The van der Waals surface area contributed by atoms with Crippen LogP contribution in [0.4, 0.5) is 17.1 Å². The predicted molar refractivity (Wildman–Crippen MR) is 206 cm³/mol. The van der Waals surface area contributed by atoms with Gasteiger partial charge in [0.2, 0.25) is 0 Å². The molecule has 1 aliphatic heterocycles. The third-order valence-electron chi connectivity index (χ3n) is 10.1. The second-order valence-corrected chi connectivity index (χ2v) is 12.9. The molecule has 1 aliphatic rings. The number of rotatable bonds is 3. The van der Waals surface area contributed by atoms with Crippen molar-refractivity contribution in [1.82, 2.24) is 9.97 Å². The second-order valence-electron chi connectivity index (χ2n) is 12.9. The summed E-state index contributed by atoms with van der Waals surface area (Å²) in [6.07, 6.45) is 0. The van der Waals surface area contributed by atoms with E-state index in [2.05, 4.69) is 132 Å². The third-order valence-corrected chi connectivity index (χ3v) is 10.1. The average Bonchev–Trinajstić information content (AvgIpc) is 3.57. The summed E-state index contributed by atoms with van der Waals surface area (Å²) in [6.45, 7) is 0. The van der Waals surface area contributed by atoms with E-state index in [1.165, 1.54) is 32.7 Å². The Bertz CT molecular complexity index is 3010. The number of para-hydroxylation sites is 4. The standard InChI is InChI=1S/C46H27N3O/c1-2-16-32-28(11-1)25-26-40-43(32)35-19-8-12-29-13-9-23-39(42(29)35)49(40)31-15-7-14-30(27-31)44-45(48-38-22-5-4-21-37(38)47-44)36-20-10-18-34-33-17-3-6-24-41(33)50-46(34)36/h1-27H. The highest BCUT2D eigenvalue weighted by Crippen LogP contribution is 2.53. The van der Waals surface area contributed by atoms with Crippen LogP contribution >= 0.6 is 0 Å². The molecule has 50 heavy (non-hydrogen) atoms. The van der Waals surface area contributed by atoms with Crippen LogP contribution in [0, 0.1) is 0 Å². The SMILES string of the molecule is c1cc(-c2nc3ccccc3nc2-c2cccc3c2oc2ccccc23)cc(N2c3ccc4ccccc4c3-c3cccc4cccc2c34)c1. The van der Waals surface area contributed by atoms with Gasteiger partial charge in [-0.05, 0) is 70.3 Å². The molecule has 0 radical (unpaired) electrons. The van der Waals surface area contributed by atoms with Gasteiger partial charge in [0.1, 0.15) is 16.9 Å². The average molecular weight is 638 g/mol. The molecule has 2 aromatic heterocycles. The summed E-state index contributed by atoms with van der Waals surface area (Å²) in [5.74, 6) is 0. The minimum atomic E-state index is 0.794. The summed E-state index contributed by atoms with van der Waals surface area (Å²) in [4.78, 5) is 13.0. The lowest BCUT2D eigenvalue weighted by Crippen LogP contribution is -2.15. The second kappa shape index (κ2) is 10.4. The van der Waals surface area contributed by atoms with Crippen molar-refractivity contribution >= 4 is 71.6 Å². The van der Waals surface area contributed by atoms with Crippen molar-refractivity contribution in [3.63, 3.8) is 0 Å². The Hall–Kier alpha value is -6.78. The van der Waals surface area contributed by atoms with Gasteiger partial charge in [0.05, 0.1) is 28.1 Å². The molecule has 0 saturated heterocycles. The Balaban J connectivity index is 1.18. The van der Waals surface area contributed by atoms with Crippen molar-refractivity contribution in [3.8, 4) is 33.6 Å². The first-order chi connectivity index (χ1) is 24.8. The van der Waals surface area contributed by atoms with Gasteiger partial charge in [0, 0.05) is 38.5 Å². The fraction of sp³-hybridized carbons (Fsp3) is 0. The van der Waals surface area contributed by atoms with Gasteiger partial charge in [-0.1, -0.05) is 115 Å². The zero-order chi connectivity index (χ0) is 32.8. The topological polar surface area (TPSA) is 42.2 Å². The van der Waals surface area contributed by atoms with Gasteiger partial charge in [0.25, 0.3) is 0 Å². The Morgan fingerprint density at radius 2 is 1.14 bits per heavy atom. The van der Waals surface area contributed by atoms with Crippen LogP contribution in [0.5, 0.6) is 0 Å². The summed E-state index contributed by atoms with van der Waals surface area (Å²) in [7, 11) is 0. The number of furan rings is 1. The Morgan fingerprint density at radius 3 is 2.04 bits per heavy atom. The lowest BCUT2D eigenvalue weighted by Gasteiger charge is -2.34. The van der Waals surface area contributed by atoms with Gasteiger partial charge < -0.3 is 9.32 Å². The van der Waals surface area contributed by atoms with Gasteiger partial charge in [-0.2, -0.15) is 0 Å². The fourth-order valence-corrected chi connectivity index (χ4v) is 7.97. The summed E-state index contributed by atoms with van der Waals surface area (Å²) >= 11 is 0. The lowest BCUT2D eigenvalue weighted by atomic mass is 9.87. The zero-order valence-corrected chi connectivity index (χ0v) is 26.8. The van der Waals surface area contributed by atoms with E-state index in [0.29, 0.717) is 0 Å². The molecule has 10 aromatic rings. The van der Waals surface area contributed by atoms with Crippen molar-refractivity contribution in [1.29, 1.82) is 0 Å². The molecule has 11 rings (SSSR count). The zero-order valence-electron chi connectivity index (χ0n) is 26.8. The van der Waals surface area contributed by atoms with Gasteiger partial charge in [0.15, 0.2) is 0 Å². The molecule has 8 aromatic carbocycles. The van der Waals surface area contributed by atoms with E-state index in [1.54, 1.807) is 0 Å². The van der Waals surface area contributed by atoms with E-state index in [-0.39, 0.29) is 0 Å². The summed E-state index contributed by atoms with van der Waals surface area (Å²) < 4.78 is 6.52. The molecule has 0 saturated carbocycles. The largest absolute Gasteiger partial charge is 0.455 e. The molecule has 4 nitrogen and oxygen atoms in total. The Labute approximate surface area is 287 Å². The van der Waals surface area contributed by atoms with Crippen LogP contribution in [-0.2, 0) is 0 Å². The normalized spacial score (nSPS) is 12.4. The summed E-state index contributed by atoms with van der Waals surface area (Å²) in [5.41, 5.74) is 12.8. The Morgan fingerprint density at radius 1 is 0.460 bits per heavy atom. The smallest absolute Gasteiger partial charge is 0.144 e. The highest BCUT2D eigenvalue weighted by Gasteiger charge is 2.28. The van der Waals surface area contributed by atoms with Crippen molar-refractivity contribution < 1.29 is 4.42 Å². The molecule has 0 amide bonds. The number of hydrogen-bond donors (Lipinski definition) is 0. The molecule has 0 fully saturated rings. The van der Waals surface area contributed by atoms with Crippen molar-refractivity contribution in [2.75, 3.05) is 4.90 Å². The first kappa shape index (κ1) is 27.2.